The molecule has 0 bridgehead atoms. The molecule has 0 aliphatic rings. The zero-order valence-electron chi connectivity index (χ0n) is 21.2. The van der Waals surface area contributed by atoms with E-state index in [2.05, 4.69) is 13.8 Å². The lowest BCUT2D eigenvalue weighted by molar-refractivity contribution is 0.119. The van der Waals surface area contributed by atoms with Gasteiger partial charge in [-0.1, -0.05) is 38.8 Å². The van der Waals surface area contributed by atoms with Crippen LogP contribution in [0.15, 0.2) is 36.4 Å². The SMILES string of the molecule is CCCCOc1ccc(C[C@@H](CO)[C@H](CO)Cc2ccc(OCCCC)c(OC)c2)cc1OC. The van der Waals surface area contributed by atoms with Crippen molar-refractivity contribution in [2.45, 2.75) is 52.4 Å². The van der Waals surface area contributed by atoms with Crippen LogP contribution in [-0.2, 0) is 12.8 Å². The third kappa shape index (κ3) is 8.41. The van der Waals surface area contributed by atoms with Gasteiger partial charge in [0, 0.05) is 13.2 Å². The fraction of sp³-hybridized carbons (Fsp3) is 0.571. The maximum absolute atomic E-state index is 10.1. The van der Waals surface area contributed by atoms with Crippen molar-refractivity contribution in [3.05, 3.63) is 47.5 Å². The molecule has 2 rings (SSSR count). The number of methoxy groups -OCH3 is 2. The van der Waals surface area contributed by atoms with E-state index in [9.17, 15) is 10.2 Å². The van der Waals surface area contributed by atoms with Gasteiger partial charge in [0.25, 0.3) is 0 Å². The quantitative estimate of drug-likeness (QED) is 0.312. The smallest absolute Gasteiger partial charge is 0.161 e. The average Bonchev–Trinajstić information content (AvgIpc) is 2.87. The Labute approximate surface area is 204 Å². The van der Waals surface area contributed by atoms with Gasteiger partial charge < -0.3 is 29.2 Å². The first-order valence-corrected chi connectivity index (χ1v) is 12.4. The van der Waals surface area contributed by atoms with Crippen molar-refractivity contribution in [1.82, 2.24) is 0 Å². The molecule has 2 aromatic rings. The summed E-state index contributed by atoms with van der Waals surface area (Å²) >= 11 is 0. The Bertz CT molecular complexity index is 768. The minimum Gasteiger partial charge on any atom is -0.493 e. The van der Waals surface area contributed by atoms with Gasteiger partial charge in [-0.25, -0.2) is 0 Å². The first kappa shape index (κ1) is 27.8. The van der Waals surface area contributed by atoms with Crippen LogP contribution in [-0.4, -0.2) is 50.9 Å². The Morgan fingerprint density at radius 1 is 0.647 bits per heavy atom. The van der Waals surface area contributed by atoms with Crippen LogP contribution < -0.4 is 18.9 Å². The largest absolute Gasteiger partial charge is 0.493 e. The Kier molecular flexibility index (Phi) is 12.6. The number of aliphatic hydroxyl groups is 2. The zero-order chi connectivity index (χ0) is 24.8. The van der Waals surface area contributed by atoms with E-state index in [-0.39, 0.29) is 25.0 Å². The molecule has 0 amide bonds. The van der Waals surface area contributed by atoms with Crippen molar-refractivity contribution < 1.29 is 29.2 Å². The third-order valence-corrected chi connectivity index (χ3v) is 6.10. The van der Waals surface area contributed by atoms with Crippen LogP contribution in [0, 0.1) is 11.8 Å². The average molecular weight is 475 g/mol. The highest BCUT2D eigenvalue weighted by Crippen LogP contribution is 2.32. The number of benzene rings is 2. The number of rotatable bonds is 17. The Balaban J connectivity index is 2.10. The van der Waals surface area contributed by atoms with E-state index in [4.69, 9.17) is 18.9 Å². The third-order valence-electron chi connectivity index (χ3n) is 6.10. The summed E-state index contributed by atoms with van der Waals surface area (Å²) in [6.45, 7) is 5.54. The normalized spacial score (nSPS) is 12.8. The van der Waals surface area contributed by atoms with Crippen LogP contribution in [0.25, 0.3) is 0 Å². The van der Waals surface area contributed by atoms with Crippen LogP contribution in [0.1, 0.15) is 50.7 Å². The van der Waals surface area contributed by atoms with Gasteiger partial charge in [-0.15, -0.1) is 0 Å². The van der Waals surface area contributed by atoms with Crippen molar-refractivity contribution in [3.8, 4) is 23.0 Å². The van der Waals surface area contributed by atoms with Crippen LogP contribution in [0.5, 0.6) is 23.0 Å². The van der Waals surface area contributed by atoms with Crippen LogP contribution in [0.2, 0.25) is 0 Å². The van der Waals surface area contributed by atoms with Gasteiger partial charge in [-0.2, -0.15) is 0 Å². The summed E-state index contributed by atoms with van der Waals surface area (Å²) in [7, 11) is 3.27. The highest BCUT2D eigenvalue weighted by molar-refractivity contribution is 5.44. The molecule has 2 N–H and O–H groups in total. The van der Waals surface area contributed by atoms with E-state index in [1.165, 1.54) is 0 Å². The van der Waals surface area contributed by atoms with Gasteiger partial charge in [-0.3, -0.25) is 0 Å². The maximum Gasteiger partial charge on any atom is 0.161 e. The zero-order valence-corrected chi connectivity index (χ0v) is 21.2. The van der Waals surface area contributed by atoms with E-state index in [0.717, 1.165) is 48.3 Å². The van der Waals surface area contributed by atoms with Gasteiger partial charge in [0.05, 0.1) is 27.4 Å². The minimum absolute atomic E-state index is 0.0162. The number of ether oxygens (including phenoxy) is 4. The molecule has 0 saturated carbocycles. The Morgan fingerprint density at radius 3 is 1.38 bits per heavy atom. The highest BCUT2D eigenvalue weighted by atomic mass is 16.5. The van der Waals surface area contributed by atoms with Crippen molar-refractivity contribution in [2.24, 2.45) is 11.8 Å². The molecule has 190 valence electrons. The predicted molar refractivity (Wildman–Crippen MR) is 135 cm³/mol. The Hall–Kier alpha value is -2.44. The molecule has 0 aliphatic carbocycles. The molecular formula is C28H42O6. The number of hydrogen-bond donors (Lipinski definition) is 2. The molecule has 2 atom stereocenters. The lowest BCUT2D eigenvalue weighted by atomic mass is 9.83. The molecule has 0 unspecified atom stereocenters. The Morgan fingerprint density at radius 2 is 1.06 bits per heavy atom. The lowest BCUT2D eigenvalue weighted by Crippen LogP contribution is -2.26. The molecule has 6 heteroatoms. The van der Waals surface area contributed by atoms with Crippen molar-refractivity contribution >= 4 is 0 Å². The summed E-state index contributed by atoms with van der Waals surface area (Å²) in [4.78, 5) is 0. The first-order valence-electron chi connectivity index (χ1n) is 12.4. The standard InChI is InChI=1S/C28H42O6/c1-5-7-13-33-25-11-9-21(17-27(25)31-3)15-23(19-29)24(20-30)16-22-10-12-26(28(18-22)32-4)34-14-8-6-2/h9-12,17-18,23-24,29-30H,5-8,13-16,19-20H2,1-4H3/t23-,24-/m0/s1. The predicted octanol–water partition coefficient (Wildman–Crippen LogP) is 5.06. The molecule has 2 aromatic carbocycles. The first-order chi connectivity index (χ1) is 16.6. The second-order valence-corrected chi connectivity index (χ2v) is 8.67. The summed E-state index contributed by atoms with van der Waals surface area (Å²) in [6, 6.07) is 11.8. The topological polar surface area (TPSA) is 77.4 Å². The van der Waals surface area contributed by atoms with Crippen molar-refractivity contribution in [2.75, 3.05) is 40.6 Å². The second kappa shape index (κ2) is 15.5. The molecule has 34 heavy (non-hydrogen) atoms. The molecule has 6 nitrogen and oxygen atoms in total. The molecule has 0 aromatic heterocycles. The van der Waals surface area contributed by atoms with Crippen molar-refractivity contribution in [3.63, 3.8) is 0 Å². The van der Waals surface area contributed by atoms with Gasteiger partial charge in [0.1, 0.15) is 0 Å². The van der Waals surface area contributed by atoms with E-state index in [1.54, 1.807) is 14.2 Å². The molecule has 0 heterocycles. The van der Waals surface area contributed by atoms with E-state index >= 15 is 0 Å². The van der Waals surface area contributed by atoms with E-state index < -0.39 is 0 Å². The van der Waals surface area contributed by atoms with Gasteiger partial charge in [0.15, 0.2) is 23.0 Å². The molecule has 0 saturated heterocycles. The second-order valence-electron chi connectivity index (χ2n) is 8.67. The summed E-state index contributed by atoms with van der Waals surface area (Å²) in [6.07, 6.45) is 5.38. The summed E-state index contributed by atoms with van der Waals surface area (Å²) in [5.41, 5.74) is 2.07. The van der Waals surface area contributed by atoms with Crippen LogP contribution in [0.3, 0.4) is 0 Å². The maximum atomic E-state index is 10.1. The summed E-state index contributed by atoms with van der Waals surface area (Å²) < 4.78 is 22.7. The van der Waals surface area contributed by atoms with Crippen molar-refractivity contribution in [1.29, 1.82) is 0 Å². The van der Waals surface area contributed by atoms with Gasteiger partial charge >= 0.3 is 0 Å². The van der Waals surface area contributed by atoms with Gasteiger partial charge in [0.2, 0.25) is 0 Å². The van der Waals surface area contributed by atoms with E-state index in [1.807, 2.05) is 36.4 Å². The highest BCUT2D eigenvalue weighted by Gasteiger charge is 2.22. The van der Waals surface area contributed by atoms with Gasteiger partial charge in [-0.05, 0) is 72.9 Å². The fourth-order valence-electron chi connectivity index (χ4n) is 3.94. The summed E-state index contributed by atoms with van der Waals surface area (Å²) in [5.74, 6) is 2.63. The number of hydrogen-bond acceptors (Lipinski definition) is 6. The number of unbranched alkanes of at least 4 members (excludes halogenated alkanes) is 2. The summed E-state index contributed by atoms with van der Waals surface area (Å²) in [5, 5.41) is 20.3. The lowest BCUT2D eigenvalue weighted by Gasteiger charge is -2.25. The minimum atomic E-state index is -0.104. The molecule has 0 aliphatic heterocycles. The van der Waals surface area contributed by atoms with Crippen LogP contribution in [0.4, 0.5) is 0 Å². The number of aliphatic hydroxyl groups excluding tert-OH is 2. The molecule has 0 radical (unpaired) electrons. The fourth-order valence-corrected chi connectivity index (χ4v) is 3.94. The van der Waals surface area contributed by atoms with E-state index in [0.29, 0.717) is 37.6 Å². The van der Waals surface area contributed by atoms with Crippen LogP contribution >= 0.6 is 0 Å². The molecular weight excluding hydrogens is 432 g/mol. The monoisotopic (exact) mass is 474 g/mol. The molecule has 0 spiro atoms. The molecule has 0 fully saturated rings.